The number of hydrogen-bond donors (Lipinski definition) is 2. The van der Waals surface area contributed by atoms with Crippen LogP contribution in [-0.4, -0.2) is 31.3 Å². The molecule has 0 saturated heterocycles. The fourth-order valence-corrected chi connectivity index (χ4v) is 2.97. The molecule has 5 heteroatoms. The van der Waals surface area contributed by atoms with Gasteiger partial charge in [-0.2, -0.15) is 0 Å². The van der Waals surface area contributed by atoms with Crippen LogP contribution in [-0.2, 0) is 11.3 Å². The molecule has 2 N–H and O–H groups in total. The second kappa shape index (κ2) is 9.25. The van der Waals surface area contributed by atoms with Gasteiger partial charge in [0, 0.05) is 18.6 Å². The summed E-state index contributed by atoms with van der Waals surface area (Å²) in [7, 11) is 0. The zero-order valence-electron chi connectivity index (χ0n) is 15.1. The number of rotatable bonds is 8. The van der Waals surface area contributed by atoms with Crippen molar-refractivity contribution >= 4 is 6.09 Å². The van der Waals surface area contributed by atoms with Crippen LogP contribution in [0.5, 0.6) is 5.75 Å². The molecule has 0 bridgehead atoms. The summed E-state index contributed by atoms with van der Waals surface area (Å²) in [6.45, 7) is 3.79. The van der Waals surface area contributed by atoms with Gasteiger partial charge in [0.05, 0.1) is 0 Å². The molecular weight excluding hydrogens is 328 g/mol. The number of amides is 1. The van der Waals surface area contributed by atoms with E-state index in [4.69, 9.17) is 9.47 Å². The summed E-state index contributed by atoms with van der Waals surface area (Å²) < 4.78 is 11.0. The SMILES string of the molecule is Cc1cccc(OCCNC2CC(NC(=O)OCc3ccccc3)C2)c1. The monoisotopic (exact) mass is 354 g/mol. The van der Waals surface area contributed by atoms with E-state index in [0.717, 1.165) is 30.7 Å². The van der Waals surface area contributed by atoms with Gasteiger partial charge in [-0.3, -0.25) is 0 Å². The molecule has 0 spiro atoms. The van der Waals surface area contributed by atoms with Gasteiger partial charge in [0.1, 0.15) is 19.0 Å². The second-order valence-electron chi connectivity index (χ2n) is 6.69. The third-order valence-corrected chi connectivity index (χ3v) is 4.47. The van der Waals surface area contributed by atoms with Crippen LogP contribution in [0.1, 0.15) is 24.0 Å². The zero-order chi connectivity index (χ0) is 18.2. The molecule has 2 aromatic rings. The Bertz CT molecular complexity index is 699. The van der Waals surface area contributed by atoms with Gasteiger partial charge in [-0.25, -0.2) is 4.79 Å². The number of carbonyl (C=O) groups is 1. The zero-order valence-corrected chi connectivity index (χ0v) is 15.1. The summed E-state index contributed by atoms with van der Waals surface area (Å²) in [5.41, 5.74) is 2.19. The maximum atomic E-state index is 11.8. The highest BCUT2D eigenvalue weighted by atomic mass is 16.5. The van der Waals surface area contributed by atoms with E-state index in [-0.39, 0.29) is 12.1 Å². The van der Waals surface area contributed by atoms with Crippen molar-refractivity contribution in [2.75, 3.05) is 13.2 Å². The molecule has 5 nitrogen and oxygen atoms in total. The Morgan fingerprint density at radius 3 is 2.65 bits per heavy atom. The number of ether oxygens (including phenoxy) is 2. The van der Waals surface area contributed by atoms with Crippen LogP contribution in [0.25, 0.3) is 0 Å². The van der Waals surface area contributed by atoms with Crippen LogP contribution in [0.3, 0.4) is 0 Å². The minimum atomic E-state index is -0.347. The first-order valence-electron chi connectivity index (χ1n) is 9.09. The molecule has 1 fully saturated rings. The van der Waals surface area contributed by atoms with Crippen molar-refractivity contribution in [3.8, 4) is 5.75 Å². The van der Waals surface area contributed by atoms with E-state index in [1.54, 1.807) is 0 Å². The third kappa shape index (κ3) is 5.77. The van der Waals surface area contributed by atoms with E-state index in [1.165, 1.54) is 5.56 Å². The fraction of sp³-hybridized carbons (Fsp3) is 0.381. The maximum absolute atomic E-state index is 11.8. The van der Waals surface area contributed by atoms with Gasteiger partial charge >= 0.3 is 6.09 Å². The van der Waals surface area contributed by atoms with Crippen molar-refractivity contribution in [2.24, 2.45) is 0 Å². The predicted molar refractivity (Wildman–Crippen MR) is 101 cm³/mol. The van der Waals surface area contributed by atoms with E-state index in [1.807, 2.05) is 48.5 Å². The number of alkyl carbamates (subject to hydrolysis) is 1. The van der Waals surface area contributed by atoms with E-state index in [0.29, 0.717) is 19.3 Å². The van der Waals surface area contributed by atoms with Gasteiger partial charge in [-0.1, -0.05) is 42.5 Å². The van der Waals surface area contributed by atoms with Crippen LogP contribution < -0.4 is 15.4 Å². The standard InChI is InChI=1S/C21H26N2O3/c1-16-6-5-9-20(12-16)25-11-10-22-18-13-19(14-18)23-21(24)26-15-17-7-3-2-4-8-17/h2-9,12,18-19,22H,10-11,13-15H2,1H3,(H,23,24). The Morgan fingerprint density at radius 2 is 1.88 bits per heavy atom. The van der Waals surface area contributed by atoms with Crippen molar-refractivity contribution in [1.82, 2.24) is 10.6 Å². The Kier molecular flexibility index (Phi) is 6.50. The summed E-state index contributed by atoms with van der Waals surface area (Å²) in [5.74, 6) is 0.904. The molecule has 1 aliphatic carbocycles. The van der Waals surface area contributed by atoms with Gasteiger partial charge in [0.25, 0.3) is 0 Å². The topological polar surface area (TPSA) is 59.6 Å². The maximum Gasteiger partial charge on any atom is 0.407 e. The molecule has 26 heavy (non-hydrogen) atoms. The minimum absolute atomic E-state index is 0.188. The van der Waals surface area contributed by atoms with Gasteiger partial charge in [-0.05, 0) is 43.0 Å². The Morgan fingerprint density at radius 1 is 1.08 bits per heavy atom. The van der Waals surface area contributed by atoms with Crippen LogP contribution in [0.15, 0.2) is 54.6 Å². The summed E-state index contributed by atoms with van der Waals surface area (Å²) in [6.07, 6.45) is 1.50. The van der Waals surface area contributed by atoms with Crippen molar-refractivity contribution in [1.29, 1.82) is 0 Å². The molecular formula is C21H26N2O3. The lowest BCUT2D eigenvalue weighted by Gasteiger charge is -2.36. The highest BCUT2D eigenvalue weighted by Gasteiger charge is 2.30. The lowest BCUT2D eigenvalue weighted by molar-refractivity contribution is 0.125. The minimum Gasteiger partial charge on any atom is -0.492 e. The van der Waals surface area contributed by atoms with Crippen molar-refractivity contribution < 1.29 is 14.3 Å². The first-order chi connectivity index (χ1) is 12.7. The molecule has 0 heterocycles. The van der Waals surface area contributed by atoms with Gasteiger partial charge in [-0.15, -0.1) is 0 Å². The summed E-state index contributed by atoms with van der Waals surface area (Å²) in [4.78, 5) is 11.8. The Hall–Kier alpha value is -2.53. The van der Waals surface area contributed by atoms with Crippen molar-refractivity contribution in [3.63, 3.8) is 0 Å². The lowest BCUT2D eigenvalue weighted by atomic mass is 9.87. The van der Waals surface area contributed by atoms with E-state index in [9.17, 15) is 4.79 Å². The number of carbonyl (C=O) groups excluding carboxylic acids is 1. The van der Waals surface area contributed by atoms with E-state index >= 15 is 0 Å². The average molecular weight is 354 g/mol. The molecule has 0 atom stereocenters. The molecule has 1 aliphatic rings. The quantitative estimate of drug-likeness (QED) is 0.713. The van der Waals surface area contributed by atoms with E-state index in [2.05, 4.69) is 23.6 Å². The summed E-state index contributed by atoms with van der Waals surface area (Å²) >= 11 is 0. The summed E-state index contributed by atoms with van der Waals surface area (Å²) in [5, 5.41) is 6.35. The van der Waals surface area contributed by atoms with Crippen LogP contribution >= 0.6 is 0 Å². The third-order valence-electron chi connectivity index (χ3n) is 4.47. The lowest BCUT2D eigenvalue weighted by Crippen LogP contribution is -2.53. The largest absolute Gasteiger partial charge is 0.492 e. The molecule has 0 unspecified atom stereocenters. The molecule has 0 aliphatic heterocycles. The first-order valence-corrected chi connectivity index (χ1v) is 9.09. The highest BCUT2D eigenvalue weighted by molar-refractivity contribution is 5.67. The predicted octanol–water partition coefficient (Wildman–Crippen LogP) is 3.42. The highest BCUT2D eigenvalue weighted by Crippen LogP contribution is 2.20. The van der Waals surface area contributed by atoms with E-state index < -0.39 is 0 Å². The van der Waals surface area contributed by atoms with Gasteiger partial charge in [0.2, 0.25) is 0 Å². The Balaban J connectivity index is 1.23. The Labute approximate surface area is 154 Å². The van der Waals surface area contributed by atoms with Crippen LogP contribution in [0.4, 0.5) is 4.79 Å². The van der Waals surface area contributed by atoms with Gasteiger partial charge < -0.3 is 20.1 Å². The van der Waals surface area contributed by atoms with Crippen LogP contribution in [0, 0.1) is 6.92 Å². The normalized spacial score (nSPS) is 18.7. The first kappa shape index (κ1) is 18.3. The molecule has 1 saturated carbocycles. The number of hydrogen-bond acceptors (Lipinski definition) is 4. The number of aryl methyl sites for hydroxylation is 1. The molecule has 138 valence electrons. The van der Waals surface area contributed by atoms with Gasteiger partial charge in [0.15, 0.2) is 0 Å². The molecule has 3 rings (SSSR count). The smallest absolute Gasteiger partial charge is 0.407 e. The second-order valence-corrected chi connectivity index (χ2v) is 6.69. The molecule has 2 aromatic carbocycles. The van der Waals surface area contributed by atoms with Crippen molar-refractivity contribution in [3.05, 3.63) is 65.7 Å². The summed E-state index contributed by atoms with van der Waals surface area (Å²) in [6, 6.07) is 18.4. The molecule has 1 amide bonds. The van der Waals surface area contributed by atoms with Crippen LogP contribution in [0.2, 0.25) is 0 Å². The number of nitrogens with one attached hydrogen (secondary N) is 2. The average Bonchev–Trinajstić information content (AvgIpc) is 2.62. The van der Waals surface area contributed by atoms with Crippen molar-refractivity contribution in [2.45, 2.75) is 38.5 Å². The fourth-order valence-electron chi connectivity index (χ4n) is 2.97. The number of benzene rings is 2. The molecule has 0 aromatic heterocycles. The molecule has 0 radical (unpaired) electrons.